The Morgan fingerprint density at radius 2 is 2.26 bits per heavy atom. The van der Waals surface area contributed by atoms with Crippen LogP contribution in [0.5, 0.6) is 0 Å². The molecule has 0 aromatic carbocycles. The van der Waals surface area contributed by atoms with Crippen LogP contribution in [-0.4, -0.2) is 55.6 Å². The van der Waals surface area contributed by atoms with Gasteiger partial charge in [-0.1, -0.05) is 0 Å². The molecule has 2 fully saturated rings. The number of halogens is 1. The van der Waals surface area contributed by atoms with Crippen molar-refractivity contribution in [1.82, 2.24) is 29.9 Å². The van der Waals surface area contributed by atoms with Crippen molar-refractivity contribution in [3.63, 3.8) is 0 Å². The second-order valence-corrected chi connectivity index (χ2v) is 8.21. The first-order valence-electron chi connectivity index (χ1n) is 10.4. The molecule has 1 saturated carbocycles. The predicted molar refractivity (Wildman–Crippen MR) is 109 cm³/mol. The molecule has 3 atom stereocenters. The van der Waals surface area contributed by atoms with Gasteiger partial charge in [-0.3, -0.25) is 9.50 Å². The van der Waals surface area contributed by atoms with E-state index in [-0.39, 0.29) is 12.6 Å². The number of alkyl carbamates (subject to hydrolysis) is 1. The summed E-state index contributed by atoms with van der Waals surface area (Å²) in [5.74, 6) is 1.56. The van der Waals surface area contributed by atoms with Crippen molar-refractivity contribution in [1.29, 1.82) is 0 Å². The van der Waals surface area contributed by atoms with Crippen molar-refractivity contribution in [2.75, 3.05) is 11.9 Å². The number of nitrogens with zero attached hydrogens (tertiary/aromatic N) is 4. The minimum absolute atomic E-state index is 0.0288. The zero-order valence-electron chi connectivity index (χ0n) is 17.2. The fraction of sp³-hybridized carbons (Fsp3) is 0.500. The van der Waals surface area contributed by atoms with Crippen molar-refractivity contribution in [2.45, 2.75) is 57.0 Å². The lowest BCUT2D eigenvalue weighted by atomic mass is 10.1. The van der Waals surface area contributed by atoms with Gasteiger partial charge in [0.05, 0.1) is 18.0 Å². The predicted octanol–water partition coefficient (Wildman–Crippen LogP) is 2.99. The number of H-pyrrole nitrogens is 1. The normalized spacial score (nSPS) is 23.4. The zero-order valence-corrected chi connectivity index (χ0v) is 17.2. The van der Waals surface area contributed by atoms with Crippen LogP contribution >= 0.6 is 0 Å². The summed E-state index contributed by atoms with van der Waals surface area (Å²) in [5, 5.41) is 12.7. The van der Waals surface area contributed by atoms with Gasteiger partial charge in [0.25, 0.3) is 0 Å². The molecule has 5 rings (SSSR count). The third-order valence-corrected chi connectivity index (χ3v) is 5.29. The van der Waals surface area contributed by atoms with Crippen LogP contribution in [-0.2, 0) is 9.47 Å². The first-order valence-corrected chi connectivity index (χ1v) is 10.4. The van der Waals surface area contributed by atoms with Crippen LogP contribution in [0.4, 0.5) is 21.0 Å². The molecule has 0 spiro atoms. The van der Waals surface area contributed by atoms with Crippen molar-refractivity contribution >= 4 is 23.5 Å². The van der Waals surface area contributed by atoms with Gasteiger partial charge in [0.1, 0.15) is 11.8 Å². The SMILES string of the molecule is CC(C)NC(=O)O[C@@H]1CO[C@H](c2cc(Nc3nccc4nc(C5CC5)cn34)n[nH]2)[C@H]1F. The molecule has 1 saturated heterocycles. The Labute approximate surface area is 177 Å². The molecule has 0 bridgehead atoms. The molecule has 164 valence electrons. The van der Waals surface area contributed by atoms with Gasteiger partial charge >= 0.3 is 6.09 Å². The van der Waals surface area contributed by atoms with E-state index < -0.39 is 24.5 Å². The number of carbonyl (C=O) groups is 1. The molecular weight excluding hydrogens is 405 g/mol. The molecule has 31 heavy (non-hydrogen) atoms. The van der Waals surface area contributed by atoms with Crippen LogP contribution < -0.4 is 10.6 Å². The number of aromatic amines is 1. The van der Waals surface area contributed by atoms with Crippen LogP contribution in [0.2, 0.25) is 0 Å². The highest BCUT2D eigenvalue weighted by Gasteiger charge is 2.42. The van der Waals surface area contributed by atoms with E-state index >= 15 is 0 Å². The van der Waals surface area contributed by atoms with Crippen LogP contribution in [0.3, 0.4) is 0 Å². The minimum atomic E-state index is -1.51. The number of amides is 1. The molecule has 10 nitrogen and oxygen atoms in total. The lowest BCUT2D eigenvalue weighted by Crippen LogP contribution is -2.36. The number of ether oxygens (including phenoxy) is 2. The number of imidazole rings is 1. The molecule has 0 radical (unpaired) electrons. The number of anilines is 2. The van der Waals surface area contributed by atoms with E-state index in [2.05, 4.69) is 30.8 Å². The van der Waals surface area contributed by atoms with Gasteiger partial charge in [0.2, 0.25) is 5.95 Å². The number of aromatic nitrogens is 5. The molecule has 1 aliphatic carbocycles. The topological polar surface area (TPSA) is 118 Å². The van der Waals surface area contributed by atoms with E-state index in [9.17, 15) is 9.18 Å². The van der Waals surface area contributed by atoms with Crippen LogP contribution in [0.25, 0.3) is 5.65 Å². The molecule has 3 N–H and O–H groups in total. The van der Waals surface area contributed by atoms with Gasteiger partial charge in [-0.15, -0.1) is 0 Å². The summed E-state index contributed by atoms with van der Waals surface area (Å²) in [6.45, 7) is 3.57. The summed E-state index contributed by atoms with van der Waals surface area (Å²) in [6.07, 6.45) is 1.93. The van der Waals surface area contributed by atoms with Gasteiger partial charge in [0, 0.05) is 30.4 Å². The molecule has 4 heterocycles. The summed E-state index contributed by atoms with van der Waals surface area (Å²) in [4.78, 5) is 20.8. The Kier molecular flexibility index (Phi) is 4.97. The summed E-state index contributed by atoms with van der Waals surface area (Å²) in [7, 11) is 0. The van der Waals surface area contributed by atoms with E-state index in [1.165, 1.54) is 12.8 Å². The van der Waals surface area contributed by atoms with Crippen LogP contribution in [0, 0.1) is 0 Å². The third kappa shape index (κ3) is 4.05. The lowest BCUT2D eigenvalue weighted by molar-refractivity contribution is 0.0615. The van der Waals surface area contributed by atoms with Crippen molar-refractivity contribution in [3.8, 4) is 0 Å². The van der Waals surface area contributed by atoms with Gasteiger partial charge in [-0.25, -0.2) is 19.2 Å². The van der Waals surface area contributed by atoms with E-state index in [0.29, 0.717) is 23.4 Å². The average molecular weight is 429 g/mol. The highest BCUT2D eigenvalue weighted by molar-refractivity contribution is 5.67. The molecule has 1 aliphatic heterocycles. The number of carbonyl (C=O) groups excluding carboxylic acids is 1. The number of alkyl halides is 1. The second-order valence-electron chi connectivity index (χ2n) is 8.21. The molecule has 3 aromatic rings. The van der Waals surface area contributed by atoms with E-state index in [1.54, 1.807) is 26.1 Å². The summed E-state index contributed by atoms with van der Waals surface area (Å²) >= 11 is 0. The number of nitrogens with one attached hydrogen (secondary N) is 3. The van der Waals surface area contributed by atoms with Crippen LogP contribution in [0.15, 0.2) is 24.5 Å². The molecular formula is C20H24FN7O3. The molecule has 0 unspecified atom stereocenters. The monoisotopic (exact) mass is 429 g/mol. The van der Waals surface area contributed by atoms with E-state index in [4.69, 9.17) is 9.47 Å². The maximum atomic E-state index is 14.8. The summed E-state index contributed by atoms with van der Waals surface area (Å²) in [6, 6.07) is 3.41. The zero-order chi connectivity index (χ0) is 21.5. The van der Waals surface area contributed by atoms with Gasteiger partial charge in [0.15, 0.2) is 18.1 Å². The van der Waals surface area contributed by atoms with Crippen LogP contribution in [0.1, 0.15) is 50.1 Å². The third-order valence-electron chi connectivity index (χ3n) is 5.29. The van der Waals surface area contributed by atoms with Gasteiger partial charge < -0.3 is 20.1 Å². The summed E-state index contributed by atoms with van der Waals surface area (Å²) < 4.78 is 27.4. The van der Waals surface area contributed by atoms with E-state index in [0.717, 1.165) is 11.3 Å². The Morgan fingerprint density at radius 3 is 3.03 bits per heavy atom. The standard InChI is InChI=1S/C20H24FN7O3/c1-10(2)23-20(29)31-14-9-30-18(17(14)21)12-7-15(27-26-12)25-19-22-6-5-16-24-13(8-28(16)19)11-3-4-11/h5-8,10-11,14,17-18H,3-4,9H2,1-2H3,(H,23,29)(H2,22,25,26,27)/t14-,17+,18-/m1/s1. The Balaban J connectivity index is 1.27. The number of hydrogen-bond donors (Lipinski definition) is 3. The maximum Gasteiger partial charge on any atom is 0.407 e. The number of rotatable bonds is 6. The largest absolute Gasteiger partial charge is 0.441 e. The lowest BCUT2D eigenvalue weighted by Gasteiger charge is -2.16. The minimum Gasteiger partial charge on any atom is -0.441 e. The Hall–Kier alpha value is -3.21. The van der Waals surface area contributed by atoms with Gasteiger partial charge in [-0.2, -0.15) is 5.10 Å². The first-order chi connectivity index (χ1) is 15.0. The second kappa shape index (κ2) is 7.80. The van der Waals surface area contributed by atoms with Crippen molar-refractivity contribution in [3.05, 3.63) is 35.9 Å². The highest BCUT2D eigenvalue weighted by atomic mass is 19.1. The Morgan fingerprint density at radius 1 is 1.42 bits per heavy atom. The maximum absolute atomic E-state index is 14.8. The van der Waals surface area contributed by atoms with E-state index in [1.807, 2.05) is 16.7 Å². The number of hydrogen-bond acceptors (Lipinski definition) is 7. The Bertz CT molecular complexity index is 1090. The summed E-state index contributed by atoms with van der Waals surface area (Å²) in [5.41, 5.74) is 2.31. The van der Waals surface area contributed by atoms with Crippen molar-refractivity contribution < 1.29 is 18.7 Å². The fourth-order valence-electron chi connectivity index (χ4n) is 3.61. The first kappa shape index (κ1) is 19.7. The molecule has 2 aliphatic rings. The molecule has 3 aromatic heterocycles. The molecule has 11 heteroatoms. The highest BCUT2D eigenvalue weighted by Crippen LogP contribution is 2.39. The number of fused-ring (bicyclic) bond motifs is 1. The fourth-order valence-corrected chi connectivity index (χ4v) is 3.61. The van der Waals surface area contributed by atoms with Gasteiger partial charge in [-0.05, 0) is 32.8 Å². The average Bonchev–Trinajstić information content (AvgIpc) is 3.14. The smallest absolute Gasteiger partial charge is 0.407 e. The van der Waals surface area contributed by atoms with Crippen molar-refractivity contribution in [2.24, 2.45) is 0 Å². The molecule has 1 amide bonds. The quantitative estimate of drug-likeness (QED) is 0.551.